The Morgan fingerprint density at radius 2 is 1.57 bits per heavy atom. The molecule has 1 fully saturated rings. The zero-order valence-corrected chi connectivity index (χ0v) is 37.8. The van der Waals surface area contributed by atoms with Crippen molar-refractivity contribution in [1.82, 2.24) is 16.0 Å². The van der Waals surface area contributed by atoms with E-state index in [0.29, 0.717) is 41.5 Å². The second kappa shape index (κ2) is 16.9. The Hall–Kier alpha value is -4.39. The third kappa shape index (κ3) is 7.26. The van der Waals surface area contributed by atoms with E-state index in [1.54, 1.807) is 27.2 Å². The van der Waals surface area contributed by atoms with Crippen LogP contribution in [0.15, 0.2) is 172 Å². The zero-order valence-electron chi connectivity index (χ0n) is 37.0. The number of nitrogens with one attached hydrogen (secondary N) is 3. The predicted molar refractivity (Wildman–Crippen MR) is 263 cm³/mol. The summed E-state index contributed by atoms with van der Waals surface area (Å²) in [6, 6.07) is 28.1. The van der Waals surface area contributed by atoms with E-state index in [1.165, 1.54) is 91.6 Å². The SMILES string of the molecule is CC1(C2CCC([C@H]3CC=C4Sc5cc6c(cc5C4C3)C3C=CC=CC3N6c3ccccc3)=C(C3NC(C4=CCCCC4)NC(C4C=CC=CC4)N3)C2)CCC=CC1c1ccccc1. The van der Waals surface area contributed by atoms with E-state index in [4.69, 9.17) is 0 Å². The van der Waals surface area contributed by atoms with Crippen molar-refractivity contribution in [2.24, 2.45) is 23.2 Å². The molecule has 0 saturated carbocycles. The molecule has 3 heterocycles. The van der Waals surface area contributed by atoms with Crippen molar-refractivity contribution in [3.8, 4) is 0 Å². The van der Waals surface area contributed by atoms with Gasteiger partial charge in [-0.25, -0.2) is 0 Å². The zero-order chi connectivity index (χ0) is 41.9. The monoisotopic (exact) mass is 848 g/mol. The van der Waals surface area contributed by atoms with E-state index in [2.05, 4.69) is 185 Å². The van der Waals surface area contributed by atoms with Crippen molar-refractivity contribution in [3.63, 3.8) is 0 Å². The fraction of sp³-hybridized carbons (Fsp3) is 0.414. The molecule has 12 rings (SSSR count). The molecule has 4 nitrogen and oxygen atoms in total. The molecular formula is C58H64N4S. The Bertz CT molecular complexity index is 2470. The van der Waals surface area contributed by atoms with Crippen LogP contribution in [-0.2, 0) is 0 Å². The highest BCUT2D eigenvalue weighted by Crippen LogP contribution is 2.61. The lowest BCUT2D eigenvalue weighted by Crippen LogP contribution is -2.70. The van der Waals surface area contributed by atoms with Crippen LogP contribution in [0.25, 0.3) is 0 Å². The van der Waals surface area contributed by atoms with E-state index < -0.39 is 0 Å². The first-order valence-electron chi connectivity index (χ1n) is 24.6. The Morgan fingerprint density at radius 3 is 2.41 bits per heavy atom. The van der Waals surface area contributed by atoms with Gasteiger partial charge >= 0.3 is 0 Å². The first-order chi connectivity index (χ1) is 31.1. The number of rotatable bonds is 7. The van der Waals surface area contributed by atoms with Gasteiger partial charge in [0.1, 0.15) is 0 Å². The van der Waals surface area contributed by atoms with Crippen molar-refractivity contribution in [1.29, 1.82) is 0 Å². The van der Waals surface area contributed by atoms with E-state index in [-0.39, 0.29) is 23.9 Å². The number of hydrogen-bond acceptors (Lipinski definition) is 5. The number of nitrogens with zero attached hydrogens (tertiary/aromatic N) is 1. The normalized spacial score (nSPS) is 35.5. The number of thioether (sulfide) groups is 1. The average Bonchev–Trinajstić information content (AvgIpc) is 3.88. The number of fused-ring (bicyclic) bond motifs is 6. The minimum absolute atomic E-state index is 0.144. The molecule has 0 amide bonds. The first kappa shape index (κ1) is 40.1. The Labute approximate surface area is 380 Å². The lowest BCUT2D eigenvalue weighted by Gasteiger charge is -2.50. The van der Waals surface area contributed by atoms with Crippen molar-refractivity contribution in [3.05, 3.63) is 184 Å². The minimum atomic E-state index is 0.144. The van der Waals surface area contributed by atoms with Gasteiger partial charge in [0.15, 0.2) is 0 Å². The summed E-state index contributed by atoms with van der Waals surface area (Å²) in [5.41, 5.74) is 12.5. The van der Waals surface area contributed by atoms with E-state index in [9.17, 15) is 0 Å². The first-order valence-corrected chi connectivity index (χ1v) is 25.4. The molecule has 322 valence electrons. The Balaban J connectivity index is 0.913. The lowest BCUT2D eigenvalue weighted by atomic mass is 9.56. The summed E-state index contributed by atoms with van der Waals surface area (Å²) in [5, 5.41) is 12.7. The number of para-hydroxylation sites is 1. The van der Waals surface area contributed by atoms with Crippen LogP contribution in [0.3, 0.4) is 0 Å². The molecule has 0 bridgehead atoms. The van der Waals surface area contributed by atoms with Crippen LogP contribution >= 0.6 is 11.8 Å². The van der Waals surface area contributed by atoms with Gasteiger partial charge < -0.3 is 4.90 Å². The van der Waals surface area contributed by atoms with Gasteiger partial charge in [0.25, 0.3) is 0 Å². The van der Waals surface area contributed by atoms with E-state index in [0.717, 1.165) is 12.8 Å². The molecule has 0 radical (unpaired) electrons. The quantitative estimate of drug-likeness (QED) is 0.207. The van der Waals surface area contributed by atoms with Gasteiger partial charge in [-0.1, -0.05) is 152 Å². The molecule has 9 aliphatic rings. The minimum Gasteiger partial charge on any atom is -0.333 e. The number of hydrogen-bond donors (Lipinski definition) is 3. The van der Waals surface area contributed by atoms with Crippen LogP contribution in [0.1, 0.15) is 118 Å². The molecule has 1 saturated heterocycles. The summed E-state index contributed by atoms with van der Waals surface area (Å²) in [4.78, 5) is 5.67. The lowest BCUT2D eigenvalue weighted by molar-refractivity contribution is 0.113. The van der Waals surface area contributed by atoms with Crippen LogP contribution in [0.5, 0.6) is 0 Å². The van der Waals surface area contributed by atoms with Gasteiger partial charge in [-0.05, 0) is 145 Å². The highest BCUT2D eigenvalue weighted by molar-refractivity contribution is 8.03. The second-order valence-electron chi connectivity index (χ2n) is 20.3. The summed E-state index contributed by atoms with van der Waals surface area (Å²) < 4.78 is 0. The second-order valence-corrected chi connectivity index (χ2v) is 21.4. The highest BCUT2D eigenvalue weighted by Gasteiger charge is 2.47. The van der Waals surface area contributed by atoms with Crippen molar-refractivity contribution < 1.29 is 0 Å². The van der Waals surface area contributed by atoms with Gasteiger partial charge in [0, 0.05) is 39.9 Å². The third-order valence-corrected chi connectivity index (χ3v) is 18.2. The maximum atomic E-state index is 4.30. The average molecular weight is 849 g/mol. The molecule has 3 aromatic rings. The molecule has 10 unspecified atom stereocenters. The smallest absolute Gasteiger partial charge is 0.0823 e. The topological polar surface area (TPSA) is 39.3 Å². The van der Waals surface area contributed by atoms with Crippen molar-refractivity contribution in [2.75, 3.05) is 4.90 Å². The molecule has 63 heavy (non-hydrogen) atoms. The predicted octanol–water partition coefficient (Wildman–Crippen LogP) is 13.5. The van der Waals surface area contributed by atoms with Crippen LogP contribution in [0.4, 0.5) is 11.4 Å². The summed E-state index contributed by atoms with van der Waals surface area (Å²) in [5.74, 6) is 2.89. The maximum absolute atomic E-state index is 4.30. The summed E-state index contributed by atoms with van der Waals surface area (Å²) in [6.45, 7) is 2.66. The Morgan fingerprint density at radius 1 is 0.730 bits per heavy atom. The van der Waals surface area contributed by atoms with Crippen LogP contribution in [-0.4, -0.2) is 24.5 Å². The van der Waals surface area contributed by atoms with Gasteiger partial charge in [0.05, 0.1) is 24.5 Å². The van der Waals surface area contributed by atoms with Crippen molar-refractivity contribution >= 4 is 23.1 Å². The van der Waals surface area contributed by atoms with Crippen LogP contribution < -0.4 is 20.9 Å². The summed E-state index contributed by atoms with van der Waals surface area (Å²) in [6.07, 6.45) is 44.0. The molecule has 3 aliphatic heterocycles. The summed E-state index contributed by atoms with van der Waals surface area (Å²) >= 11 is 2.07. The van der Waals surface area contributed by atoms with Gasteiger partial charge in [0.2, 0.25) is 0 Å². The molecule has 0 spiro atoms. The van der Waals surface area contributed by atoms with Gasteiger partial charge in [-0.3, -0.25) is 16.0 Å². The van der Waals surface area contributed by atoms with Crippen molar-refractivity contribution in [2.45, 2.75) is 131 Å². The third-order valence-electron chi connectivity index (χ3n) is 16.9. The maximum Gasteiger partial charge on any atom is 0.0823 e. The van der Waals surface area contributed by atoms with Crippen LogP contribution in [0, 0.1) is 23.2 Å². The van der Waals surface area contributed by atoms with Gasteiger partial charge in [-0.15, -0.1) is 0 Å². The molecule has 5 heteroatoms. The molecule has 3 aromatic carbocycles. The fourth-order valence-electron chi connectivity index (χ4n) is 13.6. The standard InChI is InChI=1S/C58H64N4S/c1-58(33-17-16-27-50(58)38-18-6-2-7-19-38)42-30-31-44(49(35-42)57-60-55(39-20-8-3-9-21-39)59-56(61-57)40-22-10-4-11-23-40)41-29-32-53-47(34-41)48-36-46-45-26-14-15-28-51(45)62(43-24-12-5-13-25-43)52(46)37-54(48)63-53/h2-3,5-9,12-16,18-20,22,24-28,32,36-37,39,41-42,45,47,50-51,55-57,59-61H,4,10-11,17,21,23,29-31,33-35H2,1H3/t39?,41-,42?,45?,47?,50?,51?,55?,56?,57?,58?/m0/s1. The number of anilines is 2. The van der Waals surface area contributed by atoms with E-state index >= 15 is 0 Å². The summed E-state index contributed by atoms with van der Waals surface area (Å²) in [7, 11) is 0. The fourth-order valence-corrected chi connectivity index (χ4v) is 14.9. The highest BCUT2D eigenvalue weighted by atomic mass is 32.2. The van der Waals surface area contributed by atoms with Crippen LogP contribution in [0.2, 0.25) is 0 Å². The number of benzene rings is 3. The molecule has 11 atom stereocenters. The van der Waals surface area contributed by atoms with E-state index in [1.807, 2.05) is 0 Å². The molecule has 0 aromatic heterocycles. The molecule has 3 N–H and O–H groups in total. The largest absolute Gasteiger partial charge is 0.333 e. The number of allylic oxidation sites excluding steroid dienone is 11. The van der Waals surface area contributed by atoms with Gasteiger partial charge in [-0.2, -0.15) is 0 Å². The Kier molecular flexibility index (Phi) is 10.8. The molecular weight excluding hydrogens is 785 g/mol. The molecule has 6 aliphatic carbocycles.